The maximum atomic E-state index is 8.90. The Bertz CT molecular complexity index is 454. The predicted molar refractivity (Wildman–Crippen MR) is 54.2 cm³/mol. The molecule has 0 aliphatic rings. The molecule has 4 nitrogen and oxygen atoms in total. The number of hydrogen-bond donors (Lipinski definition) is 2. The molecule has 3 N–H and O–H groups in total. The monoisotopic (exact) mass is 211 g/mol. The highest BCUT2D eigenvalue weighted by Crippen LogP contribution is 2.25. The van der Waals surface area contributed by atoms with Crippen LogP contribution in [0.1, 0.15) is 11.7 Å². The molecular formula is C9H10ClN3O. The molecular weight excluding hydrogens is 202 g/mol. The van der Waals surface area contributed by atoms with Crippen LogP contribution in [0.15, 0.2) is 24.4 Å². The number of aliphatic hydroxyl groups excluding tert-OH is 1. The van der Waals surface area contributed by atoms with Crippen molar-refractivity contribution in [1.29, 1.82) is 0 Å². The van der Waals surface area contributed by atoms with Gasteiger partial charge in [-0.1, -0.05) is 17.7 Å². The summed E-state index contributed by atoms with van der Waals surface area (Å²) in [6.07, 6.45) is 1.79. The van der Waals surface area contributed by atoms with Crippen molar-refractivity contribution in [2.24, 2.45) is 5.73 Å². The van der Waals surface area contributed by atoms with Crippen molar-refractivity contribution in [2.75, 3.05) is 6.61 Å². The largest absolute Gasteiger partial charge is 0.394 e. The zero-order valence-electron chi connectivity index (χ0n) is 7.39. The lowest BCUT2D eigenvalue weighted by atomic mass is 10.2. The first-order valence-corrected chi connectivity index (χ1v) is 4.61. The van der Waals surface area contributed by atoms with Gasteiger partial charge in [0.2, 0.25) is 0 Å². The SMILES string of the molecule is NC(CO)c1nn2ccccc2c1Cl. The van der Waals surface area contributed by atoms with Crippen LogP contribution in [0, 0.1) is 0 Å². The molecule has 1 unspecified atom stereocenters. The van der Waals surface area contributed by atoms with Gasteiger partial charge in [0.1, 0.15) is 5.69 Å². The van der Waals surface area contributed by atoms with Crippen LogP contribution in [0.4, 0.5) is 0 Å². The second kappa shape index (κ2) is 3.57. The number of aromatic nitrogens is 2. The fraction of sp³-hybridized carbons (Fsp3) is 0.222. The molecule has 0 bridgehead atoms. The number of hydrogen-bond acceptors (Lipinski definition) is 3. The molecule has 2 aromatic heterocycles. The van der Waals surface area contributed by atoms with Crippen LogP contribution < -0.4 is 5.73 Å². The van der Waals surface area contributed by atoms with E-state index in [4.69, 9.17) is 22.4 Å². The fourth-order valence-electron chi connectivity index (χ4n) is 1.31. The van der Waals surface area contributed by atoms with Crippen LogP contribution in [0.25, 0.3) is 5.52 Å². The lowest BCUT2D eigenvalue weighted by Gasteiger charge is -2.02. The smallest absolute Gasteiger partial charge is 0.101 e. The molecule has 0 saturated carbocycles. The summed E-state index contributed by atoms with van der Waals surface area (Å²) >= 11 is 6.06. The number of nitrogens with zero attached hydrogens (tertiary/aromatic N) is 2. The molecule has 0 spiro atoms. The maximum Gasteiger partial charge on any atom is 0.101 e. The van der Waals surface area contributed by atoms with Crippen molar-refractivity contribution in [1.82, 2.24) is 9.61 Å². The Labute approximate surface area is 85.9 Å². The van der Waals surface area contributed by atoms with Crippen LogP contribution in [0.5, 0.6) is 0 Å². The Morgan fingerprint density at radius 1 is 1.57 bits per heavy atom. The zero-order chi connectivity index (χ0) is 10.1. The second-order valence-corrected chi connectivity index (χ2v) is 3.40. The van der Waals surface area contributed by atoms with Crippen molar-refractivity contribution in [2.45, 2.75) is 6.04 Å². The third kappa shape index (κ3) is 1.37. The third-order valence-electron chi connectivity index (χ3n) is 2.05. The Kier molecular flexibility index (Phi) is 2.41. The summed E-state index contributed by atoms with van der Waals surface area (Å²) in [5, 5.41) is 13.6. The van der Waals surface area contributed by atoms with Crippen LogP contribution in [0.2, 0.25) is 5.02 Å². The van der Waals surface area contributed by atoms with Crippen molar-refractivity contribution in [3.8, 4) is 0 Å². The average Bonchev–Trinajstić information content (AvgIpc) is 2.56. The van der Waals surface area contributed by atoms with Gasteiger partial charge in [0.15, 0.2) is 0 Å². The molecule has 0 saturated heterocycles. The molecule has 14 heavy (non-hydrogen) atoms. The Hall–Kier alpha value is -1.10. The molecule has 0 aliphatic carbocycles. The number of aliphatic hydroxyl groups is 1. The average molecular weight is 212 g/mol. The van der Waals surface area contributed by atoms with Gasteiger partial charge in [-0.2, -0.15) is 5.10 Å². The van der Waals surface area contributed by atoms with E-state index >= 15 is 0 Å². The van der Waals surface area contributed by atoms with Gasteiger partial charge >= 0.3 is 0 Å². The lowest BCUT2D eigenvalue weighted by Crippen LogP contribution is -2.15. The van der Waals surface area contributed by atoms with E-state index in [-0.39, 0.29) is 6.61 Å². The number of fused-ring (bicyclic) bond motifs is 1. The molecule has 0 aliphatic heterocycles. The van der Waals surface area contributed by atoms with E-state index < -0.39 is 6.04 Å². The van der Waals surface area contributed by atoms with E-state index in [1.165, 1.54) is 0 Å². The van der Waals surface area contributed by atoms with E-state index in [1.54, 1.807) is 10.7 Å². The summed E-state index contributed by atoms with van der Waals surface area (Å²) in [5.74, 6) is 0. The minimum atomic E-state index is -0.526. The molecule has 0 radical (unpaired) electrons. The summed E-state index contributed by atoms with van der Waals surface area (Å²) in [7, 11) is 0. The minimum Gasteiger partial charge on any atom is -0.394 e. The first kappa shape index (κ1) is 9.45. The summed E-state index contributed by atoms with van der Waals surface area (Å²) in [5.41, 5.74) is 6.98. The molecule has 5 heteroatoms. The Balaban J connectivity index is 2.62. The topological polar surface area (TPSA) is 63.5 Å². The predicted octanol–water partition coefficient (Wildman–Crippen LogP) is 0.980. The van der Waals surface area contributed by atoms with Gasteiger partial charge < -0.3 is 10.8 Å². The minimum absolute atomic E-state index is 0.163. The number of nitrogens with two attached hydrogens (primary N) is 1. The highest BCUT2D eigenvalue weighted by molar-refractivity contribution is 6.34. The van der Waals surface area contributed by atoms with Crippen molar-refractivity contribution < 1.29 is 5.11 Å². The molecule has 2 heterocycles. The first-order valence-electron chi connectivity index (χ1n) is 4.23. The van der Waals surface area contributed by atoms with Crippen molar-refractivity contribution >= 4 is 17.1 Å². The molecule has 0 aromatic carbocycles. The summed E-state index contributed by atoms with van der Waals surface area (Å²) in [6.45, 7) is -0.163. The standard InChI is InChI=1S/C9H10ClN3O/c10-8-7-3-1-2-4-13(7)12-9(8)6(11)5-14/h1-4,6,14H,5,11H2. The molecule has 2 rings (SSSR count). The van der Waals surface area contributed by atoms with Gasteiger partial charge in [-0.3, -0.25) is 0 Å². The second-order valence-electron chi connectivity index (χ2n) is 3.02. The van der Waals surface area contributed by atoms with Crippen LogP contribution in [-0.4, -0.2) is 21.3 Å². The third-order valence-corrected chi connectivity index (χ3v) is 2.44. The van der Waals surface area contributed by atoms with E-state index in [0.717, 1.165) is 5.52 Å². The lowest BCUT2D eigenvalue weighted by molar-refractivity contribution is 0.265. The molecule has 0 fully saturated rings. The fourth-order valence-corrected chi connectivity index (χ4v) is 1.64. The number of rotatable bonds is 2. The summed E-state index contributed by atoms with van der Waals surface area (Å²) < 4.78 is 1.65. The normalized spacial score (nSPS) is 13.4. The number of pyridine rings is 1. The summed E-state index contributed by atoms with van der Waals surface area (Å²) in [6, 6.07) is 5.05. The van der Waals surface area contributed by atoms with Crippen molar-refractivity contribution in [3.63, 3.8) is 0 Å². The van der Waals surface area contributed by atoms with Gasteiger partial charge in [0, 0.05) is 6.20 Å². The van der Waals surface area contributed by atoms with Crippen molar-refractivity contribution in [3.05, 3.63) is 35.1 Å². The van der Waals surface area contributed by atoms with Gasteiger partial charge in [-0.25, -0.2) is 4.52 Å². The molecule has 1 atom stereocenters. The quantitative estimate of drug-likeness (QED) is 0.779. The van der Waals surface area contributed by atoms with Gasteiger partial charge in [0.05, 0.1) is 23.2 Å². The van der Waals surface area contributed by atoms with Gasteiger partial charge in [-0.15, -0.1) is 0 Å². The highest BCUT2D eigenvalue weighted by atomic mass is 35.5. The van der Waals surface area contributed by atoms with Gasteiger partial charge in [0.25, 0.3) is 0 Å². The van der Waals surface area contributed by atoms with E-state index in [2.05, 4.69) is 5.10 Å². The van der Waals surface area contributed by atoms with Crippen LogP contribution >= 0.6 is 11.6 Å². The first-order chi connectivity index (χ1) is 6.74. The molecule has 0 amide bonds. The zero-order valence-corrected chi connectivity index (χ0v) is 8.15. The molecule has 2 aromatic rings. The Morgan fingerprint density at radius 3 is 3.00 bits per heavy atom. The number of halogens is 1. The summed E-state index contributed by atoms with van der Waals surface area (Å²) in [4.78, 5) is 0. The van der Waals surface area contributed by atoms with Crippen LogP contribution in [0.3, 0.4) is 0 Å². The van der Waals surface area contributed by atoms with Gasteiger partial charge in [-0.05, 0) is 12.1 Å². The van der Waals surface area contributed by atoms with E-state index in [1.807, 2.05) is 18.2 Å². The Morgan fingerprint density at radius 2 is 2.36 bits per heavy atom. The molecule has 74 valence electrons. The van der Waals surface area contributed by atoms with E-state index in [0.29, 0.717) is 10.7 Å². The van der Waals surface area contributed by atoms with E-state index in [9.17, 15) is 0 Å². The van der Waals surface area contributed by atoms with Crippen LogP contribution in [-0.2, 0) is 0 Å². The maximum absolute atomic E-state index is 8.90. The highest BCUT2D eigenvalue weighted by Gasteiger charge is 2.15.